The molecule has 1 aliphatic carbocycles. The molecular formula is C15H30N2O. The molecule has 0 bridgehead atoms. The van der Waals surface area contributed by atoms with E-state index in [1.165, 1.54) is 32.1 Å². The lowest BCUT2D eigenvalue weighted by atomic mass is 9.96. The van der Waals surface area contributed by atoms with Gasteiger partial charge in [0.1, 0.15) is 0 Å². The van der Waals surface area contributed by atoms with Gasteiger partial charge >= 0.3 is 0 Å². The van der Waals surface area contributed by atoms with Crippen LogP contribution in [-0.2, 0) is 4.79 Å². The van der Waals surface area contributed by atoms with Crippen molar-refractivity contribution in [2.24, 2.45) is 11.7 Å². The van der Waals surface area contributed by atoms with E-state index in [-0.39, 0.29) is 5.92 Å². The largest absolute Gasteiger partial charge is 0.338 e. The second kappa shape index (κ2) is 8.52. The summed E-state index contributed by atoms with van der Waals surface area (Å²) in [5.41, 5.74) is 5.68. The van der Waals surface area contributed by atoms with Gasteiger partial charge in [-0.1, -0.05) is 39.5 Å². The lowest BCUT2D eigenvalue weighted by Gasteiger charge is -2.32. The third-order valence-corrected chi connectivity index (χ3v) is 4.17. The molecular weight excluding hydrogens is 224 g/mol. The highest BCUT2D eigenvalue weighted by Crippen LogP contribution is 2.26. The van der Waals surface area contributed by atoms with E-state index in [0.29, 0.717) is 18.5 Å². The Bertz CT molecular complexity index is 237. The molecule has 3 nitrogen and oxygen atoms in total. The van der Waals surface area contributed by atoms with E-state index in [1.54, 1.807) is 0 Å². The first-order valence-corrected chi connectivity index (χ1v) is 7.75. The minimum Gasteiger partial charge on any atom is -0.338 e. The second-order valence-corrected chi connectivity index (χ2v) is 5.51. The van der Waals surface area contributed by atoms with Crippen molar-refractivity contribution in [3.63, 3.8) is 0 Å². The Morgan fingerprint density at radius 1 is 1.33 bits per heavy atom. The van der Waals surface area contributed by atoms with Gasteiger partial charge in [0.2, 0.25) is 5.91 Å². The van der Waals surface area contributed by atoms with Crippen molar-refractivity contribution in [1.82, 2.24) is 4.90 Å². The lowest BCUT2D eigenvalue weighted by molar-refractivity contribution is -0.138. The van der Waals surface area contributed by atoms with E-state index in [1.807, 2.05) is 0 Å². The van der Waals surface area contributed by atoms with E-state index in [2.05, 4.69) is 18.7 Å². The molecule has 1 saturated carbocycles. The Kier molecular flexibility index (Phi) is 7.33. The van der Waals surface area contributed by atoms with Gasteiger partial charge in [0.25, 0.3) is 0 Å². The SMILES string of the molecule is CCCCC(CC)C(=O)N(CCN)C1CCCC1. The molecule has 1 rings (SSSR count). The molecule has 18 heavy (non-hydrogen) atoms. The first-order valence-electron chi connectivity index (χ1n) is 7.75. The van der Waals surface area contributed by atoms with Crippen LogP contribution >= 0.6 is 0 Å². The van der Waals surface area contributed by atoms with Crippen LogP contribution in [0.5, 0.6) is 0 Å². The predicted octanol–water partition coefficient (Wildman–Crippen LogP) is 2.93. The summed E-state index contributed by atoms with van der Waals surface area (Å²) in [7, 11) is 0. The number of carbonyl (C=O) groups excluding carboxylic acids is 1. The highest BCUT2D eigenvalue weighted by molar-refractivity contribution is 5.79. The van der Waals surface area contributed by atoms with Crippen LogP contribution in [-0.4, -0.2) is 29.9 Å². The summed E-state index contributed by atoms with van der Waals surface area (Å²) in [4.78, 5) is 14.7. The zero-order valence-electron chi connectivity index (χ0n) is 12.2. The van der Waals surface area contributed by atoms with Gasteiger partial charge in [0.15, 0.2) is 0 Å². The summed E-state index contributed by atoms with van der Waals surface area (Å²) in [6.07, 6.45) is 9.23. The lowest BCUT2D eigenvalue weighted by Crippen LogP contribution is -2.44. The number of hydrogen-bond donors (Lipinski definition) is 1. The smallest absolute Gasteiger partial charge is 0.225 e. The van der Waals surface area contributed by atoms with E-state index >= 15 is 0 Å². The molecule has 1 atom stereocenters. The maximum Gasteiger partial charge on any atom is 0.225 e. The van der Waals surface area contributed by atoms with Crippen LogP contribution in [0, 0.1) is 5.92 Å². The molecule has 1 amide bonds. The molecule has 2 N–H and O–H groups in total. The minimum atomic E-state index is 0.220. The zero-order chi connectivity index (χ0) is 13.4. The Hall–Kier alpha value is -0.570. The minimum absolute atomic E-state index is 0.220. The van der Waals surface area contributed by atoms with Crippen LogP contribution in [0.25, 0.3) is 0 Å². The third-order valence-electron chi connectivity index (χ3n) is 4.17. The molecule has 0 aromatic heterocycles. The second-order valence-electron chi connectivity index (χ2n) is 5.51. The normalized spacial score (nSPS) is 17.9. The number of hydrogen-bond acceptors (Lipinski definition) is 2. The summed E-state index contributed by atoms with van der Waals surface area (Å²) in [6.45, 7) is 5.65. The van der Waals surface area contributed by atoms with Crippen LogP contribution in [0.4, 0.5) is 0 Å². The van der Waals surface area contributed by atoms with Crippen LogP contribution in [0.3, 0.4) is 0 Å². The fourth-order valence-corrected chi connectivity index (χ4v) is 3.01. The molecule has 0 aliphatic heterocycles. The summed E-state index contributed by atoms with van der Waals surface area (Å²) < 4.78 is 0. The molecule has 0 radical (unpaired) electrons. The molecule has 106 valence electrons. The molecule has 0 heterocycles. The maximum atomic E-state index is 12.6. The zero-order valence-corrected chi connectivity index (χ0v) is 12.2. The summed E-state index contributed by atoms with van der Waals surface area (Å²) >= 11 is 0. The third kappa shape index (κ3) is 4.27. The van der Waals surface area contributed by atoms with Crippen molar-refractivity contribution in [3.8, 4) is 0 Å². The van der Waals surface area contributed by atoms with Gasteiger partial charge in [0, 0.05) is 25.0 Å². The van der Waals surface area contributed by atoms with E-state index in [4.69, 9.17) is 5.73 Å². The van der Waals surface area contributed by atoms with E-state index in [0.717, 1.165) is 25.8 Å². The molecule has 0 aromatic carbocycles. The molecule has 0 saturated heterocycles. The molecule has 3 heteroatoms. The van der Waals surface area contributed by atoms with Gasteiger partial charge in [-0.3, -0.25) is 4.79 Å². The van der Waals surface area contributed by atoms with E-state index in [9.17, 15) is 4.79 Å². The Balaban J connectivity index is 2.60. The van der Waals surface area contributed by atoms with Gasteiger partial charge in [0.05, 0.1) is 0 Å². The number of nitrogens with two attached hydrogens (primary N) is 1. The monoisotopic (exact) mass is 254 g/mol. The van der Waals surface area contributed by atoms with Gasteiger partial charge in [-0.05, 0) is 25.7 Å². The highest BCUT2D eigenvalue weighted by atomic mass is 16.2. The van der Waals surface area contributed by atoms with Crippen molar-refractivity contribution in [3.05, 3.63) is 0 Å². The standard InChI is InChI=1S/C15H30N2O/c1-3-5-8-13(4-2)15(18)17(12-11-16)14-9-6-7-10-14/h13-14H,3-12,16H2,1-2H3. The fraction of sp³-hybridized carbons (Fsp3) is 0.933. The van der Waals surface area contributed by atoms with Crippen molar-refractivity contribution in [2.75, 3.05) is 13.1 Å². The average Bonchev–Trinajstić information content (AvgIpc) is 2.90. The predicted molar refractivity (Wildman–Crippen MR) is 76.3 cm³/mol. The fourth-order valence-electron chi connectivity index (χ4n) is 3.01. The number of nitrogens with zero attached hydrogens (tertiary/aromatic N) is 1. The number of rotatable bonds is 8. The molecule has 0 aromatic rings. The quantitative estimate of drug-likeness (QED) is 0.724. The van der Waals surface area contributed by atoms with Gasteiger partial charge in [-0.2, -0.15) is 0 Å². The van der Waals surface area contributed by atoms with Gasteiger partial charge in [-0.15, -0.1) is 0 Å². The number of carbonyl (C=O) groups is 1. The number of amides is 1. The highest BCUT2D eigenvalue weighted by Gasteiger charge is 2.29. The molecule has 1 unspecified atom stereocenters. The van der Waals surface area contributed by atoms with E-state index < -0.39 is 0 Å². The van der Waals surface area contributed by atoms with Crippen molar-refractivity contribution in [1.29, 1.82) is 0 Å². The maximum absolute atomic E-state index is 12.6. The first-order chi connectivity index (χ1) is 8.74. The van der Waals surface area contributed by atoms with Crippen molar-refractivity contribution < 1.29 is 4.79 Å². The van der Waals surface area contributed by atoms with Crippen LogP contribution in [0.1, 0.15) is 65.2 Å². The summed E-state index contributed by atoms with van der Waals surface area (Å²) in [5, 5.41) is 0. The van der Waals surface area contributed by atoms with Crippen LogP contribution in [0.15, 0.2) is 0 Å². The van der Waals surface area contributed by atoms with Gasteiger partial charge in [-0.25, -0.2) is 0 Å². The van der Waals surface area contributed by atoms with Crippen molar-refractivity contribution in [2.45, 2.75) is 71.3 Å². The summed E-state index contributed by atoms with van der Waals surface area (Å²) in [6, 6.07) is 0.469. The van der Waals surface area contributed by atoms with Crippen molar-refractivity contribution >= 4 is 5.91 Å². The first kappa shape index (κ1) is 15.5. The Morgan fingerprint density at radius 2 is 2.00 bits per heavy atom. The molecule has 0 spiro atoms. The van der Waals surface area contributed by atoms with Crippen LogP contribution < -0.4 is 5.73 Å². The Labute approximate surface area is 112 Å². The molecule has 1 aliphatic rings. The molecule has 1 fully saturated rings. The number of unbranched alkanes of at least 4 members (excludes halogenated alkanes) is 1. The van der Waals surface area contributed by atoms with Crippen LogP contribution in [0.2, 0.25) is 0 Å². The topological polar surface area (TPSA) is 46.3 Å². The average molecular weight is 254 g/mol. The Morgan fingerprint density at radius 3 is 2.50 bits per heavy atom. The summed E-state index contributed by atoms with van der Waals surface area (Å²) in [5.74, 6) is 0.584. The van der Waals surface area contributed by atoms with Gasteiger partial charge < -0.3 is 10.6 Å².